The quantitative estimate of drug-likeness (QED) is 0.659. The van der Waals surface area contributed by atoms with E-state index < -0.39 is 0 Å². The van der Waals surface area contributed by atoms with Crippen molar-refractivity contribution in [1.29, 1.82) is 0 Å². The van der Waals surface area contributed by atoms with Gasteiger partial charge in [-0.2, -0.15) is 0 Å². The van der Waals surface area contributed by atoms with Gasteiger partial charge >= 0.3 is 6.03 Å². The van der Waals surface area contributed by atoms with Gasteiger partial charge in [0, 0.05) is 11.6 Å². The fraction of sp³-hybridized carbons (Fsp3) is 0.381. The second kappa shape index (κ2) is 9.71. The van der Waals surface area contributed by atoms with E-state index in [1.807, 2.05) is 44.2 Å². The number of ether oxygens (including phenoxy) is 2. The summed E-state index contributed by atoms with van der Waals surface area (Å²) in [7, 11) is 3.20. The number of carbonyl (C=O) groups excluding carboxylic acids is 1. The predicted octanol–water partition coefficient (Wildman–Crippen LogP) is 3.79. The van der Waals surface area contributed by atoms with Gasteiger partial charge in [-0.15, -0.1) is 0 Å². The molecule has 2 unspecified atom stereocenters. The summed E-state index contributed by atoms with van der Waals surface area (Å²) in [5.74, 6) is 1.66. The van der Waals surface area contributed by atoms with Crippen LogP contribution in [0.1, 0.15) is 37.4 Å². The standard InChI is InChI=1S/C21H28N2O4/c1-14(5-6-16-7-9-17(24)10-8-16)22-21(25)23-15(2)19-13-18(26-3)11-12-20(19)27-4/h7-15,24H,5-6H2,1-4H3,(H2,22,23,25). The Hall–Kier alpha value is -2.89. The Morgan fingerprint density at radius 3 is 2.37 bits per heavy atom. The smallest absolute Gasteiger partial charge is 0.315 e. The van der Waals surface area contributed by atoms with E-state index >= 15 is 0 Å². The minimum Gasteiger partial charge on any atom is -0.508 e. The Kier molecular flexibility index (Phi) is 7.34. The molecule has 0 aliphatic heterocycles. The molecule has 0 spiro atoms. The zero-order valence-corrected chi connectivity index (χ0v) is 16.3. The average Bonchev–Trinajstić information content (AvgIpc) is 2.66. The van der Waals surface area contributed by atoms with Crippen LogP contribution in [0.2, 0.25) is 0 Å². The fourth-order valence-electron chi connectivity index (χ4n) is 2.84. The van der Waals surface area contributed by atoms with E-state index in [4.69, 9.17) is 9.47 Å². The number of rotatable bonds is 8. The Labute approximate surface area is 160 Å². The number of amides is 2. The molecule has 2 aromatic carbocycles. The highest BCUT2D eigenvalue weighted by molar-refractivity contribution is 5.74. The first kappa shape index (κ1) is 20.4. The number of hydrogen-bond acceptors (Lipinski definition) is 4. The molecule has 0 saturated carbocycles. The molecule has 0 bridgehead atoms. The highest BCUT2D eigenvalue weighted by Crippen LogP contribution is 2.29. The third-order valence-electron chi connectivity index (χ3n) is 4.43. The van der Waals surface area contributed by atoms with Crippen LogP contribution in [0.4, 0.5) is 4.79 Å². The molecule has 0 saturated heterocycles. The number of benzene rings is 2. The third-order valence-corrected chi connectivity index (χ3v) is 4.43. The molecule has 3 N–H and O–H groups in total. The summed E-state index contributed by atoms with van der Waals surface area (Å²) in [6.07, 6.45) is 1.62. The van der Waals surface area contributed by atoms with Crippen molar-refractivity contribution in [2.75, 3.05) is 14.2 Å². The molecule has 0 aliphatic carbocycles. The van der Waals surface area contributed by atoms with Gasteiger partial charge in [-0.1, -0.05) is 12.1 Å². The third kappa shape index (κ3) is 6.09. The molecular formula is C21H28N2O4. The van der Waals surface area contributed by atoms with Crippen LogP contribution in [0.25, 0.3) is 0 Å². The molecule has 0 aromatic heterocycles. The summed E-state index contributed by atoms with van der Waals surface area (Å²) in [5, 5.41) is 15.2. The van der Waals surface area contributed by atoms with Gasteiger partial charge in [-0.3, -0.25) is 0 Å². The summed E-state index contributed by atoms with van der Waals surface area (Å²) in [4.78, 5) is 12.3. The van der Waals surface area contributed by atoms with Crippen LogP contribution < -0.4 is 20.1 Å². The van der Waals surface area contributed by atoms with E-state index in [1.165, 1.54) is 0 Å². The highest BCUT2D eigenvalue weighted by atomic mass is 16.5. The summed E-state index contributed by atoms with van der Waals surface area (Å²) >= 11 is 0. The van der Waals surface area contributed by atoms with Crippen molar-refractivity contribution in [1.82, 2.24) is 10.6 Å². The van der Waals surface area contributed by atoms with Crippen molar-refractivity contribution in [3.8, 4) is 17.2 Å². The summed E-state index contributed by atoms with van der Waals surface area (Å²) in [6.45, 7) is 3.87. The van der Waals surface area contributed by atoms with Crippen molar-refractivity contribution in [3.05, 3.63) is 53.6 Å². The van der Waals surface area contributed by atoms with Crippen molar-refractivity contribution < 1.29 is 19.4 Å². The van der Waals surface area contributed by atoms with E-state index in [0.717, 1.165) is 24.0 Å². The largest absolute Gasteiger partial charge is 0.508 e. The first-order valence-electron chi connectivity index (χ1n) is 8.99. The van der Waals surface area contributed by atoms with Crippen LogP contribution in [-0.4, -0.2) is 31.4 Å². The lowest BCUT2D eigenvalue weighted by molar-refractivity contribution is 0.234. The van der Waals surface area contributed by atoms with E-state index in [-0.39, 0.29) is 23.9 Å². The number of aryl methyl sites for hydroxylation is 1. The molecule has 2 aromatic rings. The summed E-state index contributed by atoms with van der Waals surface area (Å²) in [5.41, 5.74) is 1.97. The Bertz CT molecular complexity index is 746. The van der Waals surface area contributed by atoms with Crippen LogP contribution in [-0.2, 0) is 6.42 Å². The molecule has 0 heterocycles. The van der Waals surface area contributed by atoms with Gasteiger partial charge in [-0.25, -0.2) is 4.79 Å². The van der Waals surface area contributed by atoms with Crippen LogP contribution in [0.15, 0.2) is 42.5 Å². The van der Waals surface area contributed by atoms with Crippen molar-refractivity contribution in [2.45, 2.75) is 38.8 Å². The monoisotopic (exact) mass is 372 g/mol. The summed E-state index contributed by atoms with van der Waals surface area (Å²) in [6, 6.07) is 12.2. The highest BCUT2D eigenvalue weighted by Gasteiger charge is 2.16. The number of phenolic OH excluding ortho intramolecular Hbond substituents is 1. The fourth-order valence-corrected chi connectivity index (χ4v) is 2.84. The molecule has 27 heavy (non-hydrogen) atoms. The average molecular weight is 372 g/mol. The second-order valence-electron chi connectivity index (χ2n) is 6.55. The number of carbonyl (C=O) groups is 1. The number of phenols is 1. The maximum absolute atomic E-state index is 12.3. The molecule has 6 nitrogen and oxygen atoms in total. The normalized spacial score (nSPS) is 12.7. The van der Waals surface area contributed by atoms with Crippen molar-refractivity contribution in [3.63, 3.8) is 0 Å². The number of urea groups is 1. The Morgan fingerprint density at radius 1 is 1.04 bits per heavy atom. The zero-order chi connectivity index (χ0) is 19.8. The van der Waals surface area contributed by atoms with E-state index in [9.17, 15) is 9.90 Å². The first-order chi connectivity index (χ1) is 12.9. The second-order valence-corrected chi connectivity index (χ2v) is 6.55. The number of nitrogens with one attached hydrogen (secondary N) is 2. The van der Waals surface area contributed by atoms with Gasteiger partial charge in [-0.05, 0) is 62.6 Å². The minimum absolute atomic E-state index is 0.0122. The number of aromatic hydroxyl groups is 1. The zero-order valence-electron chi connectivity index (χ0n) is 16.3. The molecule has 6 heteroatoms. The first-order valence-corrected chi connectivity index (χ1v) is 8.99. The maximum Gasteiger partial charge on any atom is 0.315 e. The van der Waals surface area contributed by atoms with Gasteiger partial charge in [0.05, 0.1) is 20.3 Å². The maximum atomic E-state index is 12.3. The minimum atomic E-state index is -0.237. The molecule has 0 aliphatic rings. The van der Waals surface area contributed by atoms with Gasteiger partial charge in [0.1, 0.15) is 17.2 Å². The number of methoxy groups -OCH3 is 2. The molecule has 2 atom stereocenters. The Morgan fingerprint density at radius 2 is 1.74 bits per heavy atom. The molecule has 146 valence electrons. The Balaban J connectivity index is 1.87. The van der Waals surface area contributed by atoms with Crippen molar-refractivity contribution in [2.24, 2.45) is 0 Å². The SMILES string of the molecule is COc1ccc(OC)c(C(C)NC(=O)NC(C)CCc2ccc(O)cc2)c1. The van der Waals surface area contributed by atoms with Gasteiger partial charge in [0.25, 0.3) is 0 Å². The van der Waals surface area contributed by atoms with Crippen LogP contribution >= 0.6 is 0 Å². The van der Waals surface area contributed by atoms with E-state index in [2.05, 4.69) is 10.6 Å². The van der Waals surface area contributed by atoms with Gasteiger partial charge in [0.2, 0.25) is 0 Å². The van der Waals surface area contributed by atoms with E-state index in [1.54, 1.807) is 26.4 Å². The lowest BCUT2D eigenvalue weighted by atomic mass is 10.1. The molecule has 2 rings (SSSR count). The molecule has 2 amide bonds. The van der Waals surface area contributed by atoms with Gasteiger partial charge in [0.15, 0.2) is 0 Å². The predicted molar refractivity (Wildman–Crippen MR) is 106 cm³/mol. The van der Waals surface area contributed by atoms with E-state index in [0.29, 0.717) is 11.5 Å². The topological polar surface area (TPSA) is 79.8 Å². The lowest BCUT2D eigenvalue weighted by Gasteiger charge is -2.20. The lowest BCUT2D eigenvalue weighted by Crippen LogP contribution is -2.42. The number of hydrogen-bond donors (Lipinski definition) is 3. The summed E-state index contributed by atoms with van der Waals surface area (Å²) < 4.78 is 10.6. The molecule has 0 radical (unpaired) electrons. The molecular weight excluding hydrogens is 344 g/mol. The van der Waals surface area contributed by atoms with Crippen LogP contribution in [0.5, 0.6) is 17.2 Å². The van der Waals surface area contributed by atoms with Crippen LogP contribution in [0.3, 0.4) is 0 Å². The van der Waals surface area contributed by atoms with Gasteiger partial charge < -0.3 is 25.2 Å². The molecule has 0 fully saturated rings. The van der Waals surface area contributed by atoms with Crippen molar-refractivity contribution >= 4 is 6.03 Å². The van der Waals surface area contributed by atoms with Crippen LogP contribution in [0, 0.1) is 0 Å².